The normalized spacial score (nSPS) is 14.1. The fourth-order valence-corrected chi connectivity index (χ4v) is 17.8. The number of rotatable bonds is 19. The van der Waals surface area contributed by atoms with Gasteiger partial charge in [-0.05, 0) is 43.9 Å². The van der Waals surface area contributed by atoms with Crippen molar-refractivity contribution in [2.45, 2.75) is 23.9 Å². The summed E-state index contributed by atoms with van der Waals surface area (Å²) in [5, 5.41) is 2.17. The van der Waals surface area contributed by atoms with Crippen LogP contribution in [0.15, 0.2) is 48.5 Å². The zero-order valence-electron chi connectivity index (χ0n) is 24.4. The van der Waals surface area contributed by atoms with E-state index in [0.29, 0.717) is 12.1 Å². The largest absolute Gasteiger partial charge is 0.500 e. The molecule has 0 aliphatic rings. The summed E-state index contributed by atoms with van der Waals surface area (Å²) in [6, 6.07) is 17.8. The second kappa shape index (κ2) is 16.9. The van der Waals surface area contributed by atoms with Crippen LogP contribution in [0, 0.1) is 0 Å². The number of nitrogens with zero attached hydrogens (tertiary/aromatic N) is 2. The molecule has 0 amide bonds. The third kappa shape index (κ3) is 8.75. The van der Waals surface area contributed by atoms with E-state index in [2.05, 4.69) is 36.4 Å². The van der Waals surface area contributed by atoms with E-state index in [1.165, 1.54) is 9.40 Å². The van der Waals surface area contributed by atoms with Crippen LogP contribution >= 0.6 is 63.9 Å². The van der Waals surface area contributed by atoms with E-state index in [4.69, 9.17) is 36.5 Å². The fraction of sp³-hybridized carbons (Fsp3) is 0.462. The highest BCUT2D eigenvalue weighted by Gasteiger charge is 2.43. The van der Waals surface area contributed by atoms with Gasteiger partial charge in [0.15, 0.2) is 0 Å². The molecule has 42 heavy (non-hydrogen) atoms. The van der Waals surface area contributed by atoms with Crippen LogP contribution in [0.2, 0.25) is 12.1 Å². The van der Waals surface area contributed by atoms with Gasteiger partial charge in [-0.1, -0.05) is 45.9 Å². The second-order valence-electron chi connectivity index (χ2n) is 9.14. The monoisotopic (exact) mass is 720 g/mol. The van der Waals surface area contributed by atoms with Gasteiger partial charge in [0.2, 0.25) is 0 Å². The summed E-state index contributed by atoms with van der Waals surface area (Å²) < 4.78 is 37.0. The first-order chi connectivity index (χ1) is 20.4. The molecule has 0 N–H and O–H groups in total. The van der Waals surface area contributed by atoms with Crippen molar-refractivity contribution in [3.8, 4) is 0 Å². The summed E-state index contributed by atoms with van der Waals surface area (Å²) in [5.74, 6) is 2.00. The fourth-order valence-electron chi connectivity index (χ4n) is 4.43. The summed E-state index contributed by atoms with van der Waals surface area (Å²) in [5.41, 5.74) is 2.04. The summed E-state index contributed by atoms with van der Waals surface area (Å²) in [6.45, 7) is 0. The molecule has 4 aromatic rings. The van der Waals surface area contributed by atoms with Crippen molar-refractivity contribution in [1.29, 1.82) is 0 Å². The molecule has 2 heterocycles. The Labute approximate surface area is 273 Å². The van der Waals surface area contributed by atoms with Crippen LogP contribution in [0.1, 0.15) is 21.9 Å². The van der Waals surface area contributed by atoms with E-state index in [1.54, 1.807) is 85.0 Å². The quantitative estimate of drug-likeness (QED) is 0.0532. The Morgan fingerprint density at radius 2 is 0.952 bits per heavy atom. The van der Waals surface area contributed by atoms with Gasteiger partial charge in [0.25, 0.3) is 0 Å². The molecule has 0 saturated heterocycles. The van der Waals surface area contributed by atoms with Crippen molar-refractivity contribution in [2.75, 3.05) is 54.2 Å². The first kappa shape index (κ1) is 34.7. The average Bonchev–Trinajstić information content (AvgIpc) is 3.67. The average molecular weight is 721 g/mol. The van der Waals surface area contributed by atoms with Gasteiger partial charge in [-0.3, -0.25) is 0 Å². The summed E-state index contributed by atoms with van der Waals surface area (Å²) >= 11 is 3.47. The lowest BCUT2D eigenvalue weighted by atomic mass is 10.2. The minimum atomic E-state index is -2.79. The number of benzene rings is 2. The zero-order valence-corrected chi connectivity index (χ0v) is 31.3. The molecule has 230 valence electrons. The van der Waals surface area contributed by atoms with Crippen LogP contribution in [0.4, 0.5) is 0 Å². The van der Waals surface area contributed by atoms with Crippen molar-refractivity contribution >= 4 is 102 Å². The van der Waals surface area contributed by atoms with Crippen LogP contribution < -0.4 is 0 Å². The lowest BCUT2D eigenvalue weighted by Gasteiger charge is -2.28. The summed E-state index contributed by atoms with van der Waals surface area (Å²) in [6.07, 6.45) is 0. The summed E-state index contributed by atoms with van der Waals surface area (Å²) in [4.78, 5) is 9.90. The van der Waals surface area contributed by atoms with Gasteiger partial charge in [-0.25, -0.2) is 9.97 Å². The summed E-state index contributed by atoms with van der Waals surface area (Å²) in [7, 11) is 11.6. The van der Waals surface area contributed by atoms with Gasteiger partial charge >= 0.3 is 17.6 Å². The number of thiazole rings is 2. The lowest BCUT2D eigenvalue weighted by molar-refractivity contribution is 0.121. The molecule has 2 atom stereocenters. The SMILES string of the molecule is CO[Si](CC(CSSSSCC(C[Si](OC)(OC)OC)c1nc2ccccc2s1)c1nc2ccccc2s1)(OC)OC. The Morgan fingerprint density at radius 1 is 0.595 bits per heavy atom. The van der Waals surface area contributed by atoms with Crippen LogP contribution in [-0.2, 0) is 26.6 Å². The first-order valence-corrected chi connectivity index (χ1v) is 23.7. The highest BCUT2D eigenvalue weighted by molar-refractivity contribution is 9.26. The van der Waals surface area contributed by atoms with Crippen LogP contribution in [0.5, 0.6) is 0 Å². The van der Waals surface area contributed by atoms with Crippen molar-refractivity contribution in [3.05, 3.63) is 58.5 Å². The Balaban J connectivity index is 1.39. The molecule has 16 heteroatoms. The van der Waals surface area contributed by atoms with Crippen LogP contribution in [0.25, 0.3) is 20.4 Å². The molecular formula is C26H36N2O6S6Si2. The van der Waals surface area contributed by atoms with E-state index < -0.39 is 17.6 Å². The minimum absolute atomic E-state index is 0.143. The van der Waals surface area contributed by atoms with Gasteiger partial charge < -0.3 is 26.6 Å². The van der Waals surface area contributed by atoms with Crippen molar-refractivity contribution in [1.82, 2.24) is 9.97 Å². The maximum atomic E-state index is 5.78. The van der Waals surface area contributed by atoms with E-state index in [9.17, 15) is 0 Å². The minimum Gasteiger partial charge on any atom is -0.377 e. The topological polar surface area (TPSA) is 81.2 Å². The van der Waals surface area contributed by atoms with E-state index in [-0.39, 0.29) is 11.8 Å². The van der Waals surface area contributed by atoms with Crippen LogP contribution in [0.3, 0.4) is 0 Å². The Hall–Kier alpha value is -0.186. The molecule has 0 bridgehead atoms. The molecule has 2 aromatic carbocycles. The third-order valence-corrected chi connectivity index (χ3v) is 21.6. The van der Waals surface area contributed by atoms with E-state index in [1.807, 2.05) is 33.7 Å². The van der Waals surface area contributed by atoms with Gasteiger partial charge in [-0.2, -0.15) is 0 Å². The molecular weight excluding hydrogens is 685 g/mol. The van der Waals surface area contributed by atoms with Crippen LogP contribution in [-0.4, -0.2) is 81.7 Å². The number of para-hydroxylation sites is 2. The number of aromatic nitrogens is 2. The molecule has 0 aliphatic heterocycles. The van der Waals surface area contributed by atoms with E-state index >= 15 is 0 Å². The first-order valence-electron chi connectivity index (χ1n) is 13.0. The smallest absolute Gasteiger partial charge is 0.377 e. The lowest BCUT2D eigenvalue weighted by Crippen LogP contribution is -2.44. The van der Waals surface area contributed by atoms with Crippen molar-refractivity contribution in [2.24, 2.45) is 0 Å². The number of hydrogen-bond acceptors (Lipinski definition) is 14. The van der Waals surface area contributed by atoms with Gasteiger partial charge in [0, 0.05) is 78.1 Å². The predicted molar refractivity (Wildman–Crippen MR) is 188 cm³/mol. The maximum Gasteiger partial charge on any atom is 0.500 e. The van der Waals surface area contributed by atoms with E-state index in [0.717, 1.165) is 32.6 Å². The zero-order chi connectivity index (χ0) is 30.0. The maximum absolute atomic E-state index is 5.78. The standard InChI is InChI=1S/C26H36N2O6S6Si2/c1-29-41(30-2,31-3)17-19(25-27-21-11-7-9-13-23(21)37-25)15-35-39-40-36-16-20(18-42(32-4,33-5)34-6)26-28-22-12-8-10-14-24(22)38-26/h7-14,19-20H,15-18H2,1-6H3. The predicted octanol–water partition coefficient (Wildman–Crippen LogP) is 8.21. The molecule has 0 aliphatic carbocycles. The third-order valence-electron chi connectivity index (χ3n) is 6.84. The Morgan fingerprint density at radius 3 is 1.29 bits per heavy atom. The van der Waals surface area contributed by atoms with Crippen molar-refractivity contribution in [3.63, 3.8) is 0 Å². The molecule has 0 radical (unpaired) electrons. The molecule has 2 unspecified atom stereocenters. The Bertz CT molecular complexity index is 1200. The number of hydrogen-bond donors (Lipinski definition) is 0. The molecule has 0 saturated carbocycles. The Kier molecular flexibility index (Phi) is 14.0. The highest BCUT2D eigenvalue weighted by atomic mass is 33.7. The van der Waals surface area contributed by atoms with Gasteiger partial charge in [0.05, 0.1) is 30.4 Å². The number of fused-ring (bicyclic) bond motifs is 2. The van der Waals surface area contributed by atoms with Gasteiger partial charge in [-0.15, -0.1) is 22.7 Å². The highest BCUT2D eigenvalue weighted by Crippen LogP contribution is 2.48. The second-order valence-corrected chi connectivity index (χ2v) is 23.4. The molecule has 2 aromatic heterocycles. The van der Waals surface area contributed by atoms with Gasteiger partial charge in [0.1, 0.15) is 0 Å². The van der Waals surface area contributed by atoms with Crippen molar-refractivity contribution < 1.29 is 26.6 Å². The molecule has 4 rings (SSSR count). The molecule has 0 fully saturated rings. The molecule has 8 nitrogen and oxygen atoms in total. The molecule has 0 spiro atoms.